The quantitative estimate of drug-likeness (QED) is 0.748. The SMILES string of the molecule is Cc1cccc(C(O)(O)c2ccccn2)c1. The van der Waals surface area contributed by atoms with E-state index >= 15 is 0 Å². The van der Waals surface area contributed by atoms with Crippen molar-refractivity contribution >= 4 is 0 Å². The van der Waals surface area contributed by atoms with Crippen LogP contribution in [0, 0.1) is 6.92 Å². The lowest BCUT2D eigenvalue weighted by Gasteiger charge is -2.21. The van der Waals surface area contributed by atoms with E-state index in [0.717, 1.165) is 5.56 Å². The van der Waals surface area contributed by atoms with E-state index in [9.17, 15) is 10.2 Å². The van der Waals surface area contributed by atoms with Gasteiger partial charge in [-0.05, 0) is 19.1 Å². The molecule has 2 N–H and O–H groups in total. The molecular weight excluding hydrogens is 202 g/mol. The van der Waals surface area contributed by atoms with Crippen molar-refractivity contribution in [2.75, 3.05) is 0 Å². The van der Waals surface area contributed by atoms with Crippen molar-refractivity contribution in [2.24, 2.45) is 0 Å². The molecule has 0 unspecified atom stereocenters. The molecule has 0 amide bonds. The molecule has 0 fully saturated rings. The number of pyridine rings is 1. The highest BCUT2D eigenvalue weighted by Crippen LogP contribution is 2.25. The zero-order valence-electron chi connectivity index (χ0n) is 8.96. The van der Waals surface area contributed by atoms with Crippen molar-refractivity contribution < 1.29 is 10.2 Å². The fourth-order valence-electron chi connectivity index (χ4n) is 1.58. The number of aryl methyl sites for hydroxylation is 1. The third-order valence-corrected chi connectivity index (χ3v) is 2.44. The van der Waals surface area contributed by atoms with E-state index < -0.39 is 5.79 Å². The predicted octanol–water partition coefficient (Wildman–Crippen LogP) is 1.58. The van der Waals surface area contributed by atoms with Crippen LogP contribution in [0.3, 0.4) is 0 Å². The molecule has 1 heterocycles. The number of rotatable bonds is 2. The molecule has 0 aliphatic rings. The molecular formula is C13H13NO2. The molecule has 0 spiro atoms. The van der Waals surface area contributed by atoms with Crippen LogP contribution in [0.15, 0.2) is 48.7 Å². The van der Waals surface area contributed by atoms with Gasteiger partial charge in [-0.15, -0.1) is 0 Å². The maximum Gasteiger partial charge on any atom is 0.234 e. The lowest BCUT2D eigenvalue weighted by atomic mass is 10.0. The number of aromatic nitrogens is 1. The minimum Gasteiger partial charge on any atom is -0.357 e. The van der Waals surface area contributed by atoms with Crippen LogP contribution in [0.4, 0.5) is 0 Å². The summed E-state index contributed by atoms with van der Waals surface area (Å²) < 4.78 is 0. The average molecular weight is 215 g/mol. The molecule has 1 aromatic heterocycles. The Bertz CT molecular complexity index is 480. The van der Waals surface area contributed by atoms with Gasteiger partial charge >= 0.3 is 0 Å². The van der Waals surface area contributed by atoms with Gasteiger partial charge in [0, 0.05) is 11.8 Å². The molecule has 0 bridgehead atoms. The minimum atomic E-state index is -2.03. The second kappa shape index (κ2) is 4.04. The number of nitrogens with zero attached hydrogens (tertiary/aromatic N) is 1. The number of aliphatic hydroxyl groups is 2. The molecule has 1 aromatic carbocycles. The molecule has 3 nitrogen and oxygen atoms in total. The Morgan fingerprint density at radius 3 is 2.50 bits per heavy atom. The molecule has 3 heteroatoms. The van der Waals surface area contributed by atoms with Gasteiger partial charge in [0.15, 0.2) is 0 Å². The summed E-state index contributed by atoms with van der Waals surface area (Å²) in [6.07, 6.45) is 1.53. The Hall–Kier alpha value is -1.71. The number of hydrogen-bond acceptors (Lipinski definition) is 3. The summed E-state index contributed by atoms with van der Waals surface area (Å²) in [5.41, 5.74) is 1.62. The van der Waals surface area contributed by atoms with Crippen LogP contribution < -0.4 is 0 Å². The Labute approximate surface area is 94.0 Å². The van der Waals surface area contributed by atoms with Crippen LogP contribution in [-0.2, 0) is 5.79 Å². The van der Waals surface area contributed by atoms with E-state index in [0.29, 0.717) is 5.56 Å². The van der Waals surface area contributed by atoms with Crippen molar-refractivity contribution in [3.05, 3.63) is 65.5 Å². The molecule has 0 saturated carbocycles. The van der Waals surface area contributed by atoms with Gasteiger partial charge in [0.2, 0.25) is 5.79 Å². The van der Waals surface area contributed by atoms with Gasteiger partial charge in [-0.25, -0.2) is 0 Å². The summed E-state index contributed by atoms with van der Waals surface area (Å²) in [4.78, 5) is 3.96. The zero-order valence-corrected chi connectivity index (χ0v) is 8.96. The molecule has 0 radical (unpaired) electrons. The topological polar surface area (TPSA) is 53.4 Å². The van der Waals surface area contributed by atoms with Crippen LogP contribution >= 0.6 is 0 Å². The summed E-state index contributed by atoms with van der Waals surface area (Å²) in [5, 5.41) is 20.1. The fourth-order valence-corrected chi connectivity index (χ4v) is 1.58. The molecule has 2 aromatic rings. The maximum absolute atomic E-state index is 10.1. The van der Waals surface area contributed by atoms with Crippen LogP contribution in [0.2, 0.25) is 0 Å². The molecule has 0 aliphatic heterocycles. The van der Waals surface area contributed by atoms with Gasteiger partial charge in [-0.3, -0.25) is 4.98 Å². The summed E-state index contributed by atoms with van der Waals surface area (Å²) in [7, 11) is 0. The van der Waals surface area contributed by atoms with Gasteiger partial charge in [0.1, 0.15) is 5.69 Å². The van der Waals surface area contributed by atoms with E-state index in [1.54, 1.807) is 36.4 Å². The van der Waals surface area contributed by atoms with E-state index in [1.807, 2.05) is 13.0 Å². The summed E-state index contributed by atoms with van der Waals surface area (Å²) in [6.45, 7) is 1.90. The average Bonchev–Trinajstić information content (AvgIpc) is 2.30. The molecule has 2 rings (SSSR count). The first-order valence-electron chi connectivity index (χ1n) is 5.04. The molecule has 82 valence electrons. The Balaban J connectivity index is 2.47. The smallest absolute Gasteiger partial charge is 0.234 e. The normalized spacial score (nSPS) is 11.4. The molecule has 0 saturated heterocycles. The fraction of sp³-hybridized carbons (Fsp3) is 0.154. The van der Waals surface area contributed by atoms with Crippen molar-refractivity contribution in [3.8, 4) is 0 Å². The van der Waals surface area contributed by atoms with Crippen molar-refractivity contribution in [3.63, 3.8) is 0 Å². The predicted molar refractivity (Wildman–Crippen MR) is 60.6 cm³/mol. The van der Waals surface area contributed by atoms with E-state index in [-0.39, 0.29) is 5.69 Å². The Morgan fingerprint density at radius 2 is 1.88 bits per heavy atom. The van der Waals surface area contributed by atoms with E-state index in [1.165, 1.54) is 6.20 Å². The molecule has 0 atom stereocenters. The highest BCUT2D eigenvalue weighted by atomic mass is 16.5. The van der Waals surface area contributed by atoms with Gasteiger partial charge < -0.3 is 10.2 Å². The van der Waals surface area contributed by atoms with E-state index in [2.05, 4.69) is 4.98 Å². The monoisotopic (exact) mass is 215 g/mol. The van der Waals surface area contributed by atoms with Crippen LogP contribution in [0.5, 0.6) is 0 Å². The van der Waals surface area contributed by atoms with Crippen molar-refractivity contribution in [2.45, 2.75) is 12.7 Å². The first-order chi connectivity index (χ1) is 7.60. The first-order valence-corrected chi connectivity index (χ1v) is 5.04. The Morgan fingerprint density at radius 1 is 1.06 bits per heavy atom. The summed E-state index contributed by atoms with van der Waals surface area (Å²) in [5.74, 6) is -2.03. The van der Waals surface area contributed by atoms with Crippen LogP contribution in [0.1, 0.15) is 16.8 Å². The zero-order chi connectivity index (χ0) is 11.6. The third kappa shape index (κ3) is 1.96. The Kier molecular flexibility index (Phi) is 2.73. The van der Waals surface area contributed by atoms with Gasteiger partial charge in [0.25, 0.3) is 0 Å². The second-order valence-electron chi connectivity index (χ2n) is 3.76. The molecule has 16 heavy (non-hydrogen) atoms. The standard InChI is InChI=1S/C13H13NO2/c1-10-5-4-6-11(9-10)13(15,16)12-7-2-3-8-14-12/h2-9,15-16H,1H3. The van der Waals surface area contributed by atoms with Crippen molar-refractivity contribution in [1.29, 1.82) is 0 Å². The van der Waals surface area contributed by atoms with E-state index in [4.69, 9.17) is 0 Å². The van der Waals surface area contributed by atoms with Gasteiger partial charge in [-0.1, -0.05) is 35.9 Å². The van der Waals surface area contributed by atoms with Crippen molar-refractivity contribution in [1.82, 2.24) is 4.98 Å². The lowest BCUT2D eigenvalue weighted by molar-refractivity contribution is -0.135. The summed E-state index contributed by atoms with van der Waals surface area (Å²) >= 11 is 0. The van der Waals surface area contributed by atoms with Crippen LogP contribution in [-0.4, -0.2) is 15.2 Å². The summed E-state index contributed by atoms with van der Waals surface area (Å²) in [6, 6.07) is 12.1. The number of benzene rings is 1. The highest BCUT2D eigenvalue weighted by molar-refractivity contribution is 5.31. The minimum absolute atomic E-state index is 0.223. The van der Waals surface area contributed by atoms with Crippen LogP contribution in [0.25, 0.3) is 0 Å². The largest absolute Gasteiger partial charge is 0.357 e. The third-order valence-electron chi connectivity index (χ3n) is 2.44. The van der Waals surface area contributed by atoms with Gasteiger partial charge in [0.05, 0.1) is 0 Å². The number of hydrogen-bond donors (Lipinski definition) is 2. The lowest BCUT2D eigenvalue weighted by Crippen LogP contribution is -2.27. The molecule has 0 aliphatic carbocycles. The second-order valence-corrected chi connectivity index (χ2v) is 3.76. The maximum atomic E-state index is 10.1. The van der Waals surface area contributed by atoms with Gasteiger partial charge in [-0.2, -0.15) is 0 Å². The highest BCUT2D eigenvalue weighted by Gasteiger charge is 2.29. The first kappa shape index (κ1) is 10.8.